The van der Waals surface area contributed by atoms with Gasteiger partial charge in [0, 0.05) is 6.42 Å². The largest absolute Gasteiger partial charge is 0.458 e. The van der Waals surface area contributed by atoms with Gasteiger partial charge in [0.2, 0.25) is 0 Å². The predicted octanol–water partition coefficient (Wildman–Crippen LogP) is 1.59. The van der Waals surface area contributed by atoms with Crippen LogP contribution in [0.4, 0.5) is 0 Å². The van der Waals surface area contributed by atoms with Gasteiger partial charge in [-0.25, -0.2) is 4.79 Å². The molecule has 1 fully saturated rings. The summed E-state index contributed by atoms with van der Waals surface area (Å²) in [6, 6.07) is 0. The van der Waals surface area contributed by atoms with E-state index in [4.69, 9.17) is 9.47 Å². The van der Waals surface area contributed by atoms with Crippen molar-refractivity contribution in [2.45, 2.75) is 32.5 Å². The number of carbonyl (C=O) groups excluding carboxylic acids is 1. The van der Waals surface area contributed by atoms with Crippen LogP contribution in [0.3, 0.4) is 0 Å². The van der Waals surface area contributed by atoms with E-state index >= 15 is 0 Å². The number of hydrogen-bond donors (Lipinski definition) is 0. The number of allylic oxidation sites excluding steroid dienone is 1. The van der Waals surface area contributed by atoms with Crippen LogP contribution in [-0.4, -0.2) is 24.8 Å². The van der Waals surface area contributed by atoms with Gasteiger partial charge in [-0.2, -0.15) is 0 Å². The lowest BCUT2D eigenvalue weighted by Crippen LogP contribution is -1.96. The molecule has 1 saturated heterocycles. The van der Waals surface area contributed by atoms with Crippen molar-refractivity contribution < 1.29 is 14.3 Å². The van der Waals surface area contributed by atoms with E-state index in [0.717, 1.165) is 17.6 Å². The molecule has 2 heterocycles. The molecule has 2 atom stereocenters. The number of rotatable bonds is 3. The Hall–Kier alpha value is -1.09. The Morgan fingerprint density at radius 3 is 2.86 bits per heavy atom. The lowest BCUT2D eigenvalue weighted by molar-refractivity contribution is -0.135. The highest BCUT2D eigenvalue weighted by atomic mass is 16.6. The van der Waals surface area contributed by atoms with Crippen molar-refractivity contribution in [1.82, 2.24) is 0 Å². The van der Waals surface area contributed by atoms with E-state index in [-0.39, 0.29) is 5.97 Å². The zero-order valence-corrected chi connectivity index (χ0v) is 8.45. The van der Waals surface area contributed by atoms with Crippen molar-refractivity contribution in [3.8, 4) is 0 Å². The summed E-state index contributed by atoms with van der Waals surface area (Å²) in [5, 5.41) is 0. The molecule has 0 aromatic heterocycles. The summed E-state index contributed by atoms with van der Waals surface area (Å²) in [4.78, 5) is 11.3. The second-order valence-electron chi connectivity index (χ2n) is 3.68. The number of ether oxygens (including phenoxy) is 2. The van der Waals surface area contributed by atoms with Crippen LogP contribution in [0.1, 0.15) is 20.3 Å². The number of esters is 1. The van der Waals surface area contributed by atoms with Crippen LogP contribution in [0.15, 0.2) is 23.3 Å². The first-order valence-corrected chi connectivity index (χ1v) is 4.89. The minimum Gasteiger partial charge on any atom is -0.458 e. The van der Waals surface area contributed by atoms with Gasteiger partial charge in [-0.05, 0) is 19.4 Å². The molecule has 0 spiro atoms. The molecule has 0 N–H and O–H groups in total. The Bertz CT molecular complexity index is 314. The van der Waals surface area contributed by atoms with Crippen LogP contribution >= 0.6 is 0 Å². The first-order valence-electron chi connectivity index (χ1n) is 4.89. The Labute approximate surface area is 83.4 Å². The van der Waals surface area contributed by atoms with Crippen molar-refractivity contribution in [3.05, 3.63) is 23.3 Å². The van der Waals surface area contributed by atoms with Crippen molar-refractivity contribution in [2.24, 2.45) is 0 Å². The number of hydrogen-bond acceptors (Lipinski definition) is 3. The van der Waals surface area contributed by atoms with Crippen molar-refractivity contribution in [1.29, 1.82) is 0 Å². The smallest absolute Gasteiger partial charge is 0.338 e. The topological polar surface area (TPSA) is 38.8 Å². The van der Waals surface area contributed by atoms with E-state index in [9.17, 15) is 4.79 Å². The van der Waals surface area contributed by atoms with E-state index in [1.54, 1.807) is 0 Å². The average molecular weight is 194 g/mol. The van der Waals surface area contributed by atoms with Gasteiger partial charge in [0.05, 0.1) is 17.8 Å². The molecular weight excluding hydrogens is 180 g/mol. The maximum Gasteiger partial charge on any atom is 0.338 e. The molecule has 2 unspecified atom stereocenters. The van der Waals surface area contributed by atoms with Gasteiger partial charge >= 0.3 is 5.97 Å². The Kier molecular flexibility index (Phi) is 2.42. The molecule has 14 heavy (non-hydrogen) atoms. The fourth-order valence-corrected chi connectivity index (χ4v) is 1.66. The van der Waals surface area contributed by atoms with E-state index in [1.165, 1.54) is 0 Å². The SMILES string of the molecule is CC=CC1=C(CC2OC2C)COC1=O. The van der Waals surface area contributed by atoms with Crippen LogP contribution in [-0.2, 0) is 14.3 Å². The molecule has 0 saturated carbocycles. The lowest BCUT2D eigenvalue weighted by Gasteiger charge is -1.96. The molecule has 0 radical (unpaired) electrons. The summed E-state index contributed by atoms with van der Waals surface area (Å²) in [6.45, 7) is 4.37. The third-order valence-corrected chi connectivity index (χ3v) is 2.60. The van der Waals surface area contributed by atoms with Crippen LogP contribution < -0.4 is 0 Å². The van der Waals surface area contributed by atoms with Crippen molar-refractivity contribution in [3.63, 3.8) is 0 Å². The standard InChI is InChI=1S/C11H14O3/c1-3-4-9-8(6-13-11(9)12)5-10-7(2)14-10/h3-4,7,10H,5-6H2,1-2H3. The summed E-state index contributed by atoms with van der Waals surface area (Å²) in [7, 11) is 0. The second kappa shape index (κ2) is 3.58. The molecule has 3 nitrogen and oxygen atoms in total. The minimum absolute atomic E-state index is 0.202. The van der Waals surface area contributed by atoms with Gasteiger partial charge in [0.25, 0.3) is 0 Å². The van der Waals surface area contributed by atoms with Gasteiger partial charge < -0.3 is 9.47 Å². The highest BCUT2D eigenvalue weighted by molar-refractivity contribution is 5.94. The third-order valence-electron chi connectivity index (χ3n) is 2.60. The molecule has 0 aromatic carbocycles. The fourth-order valence-electron chi connectivity index (χ4n) is 1.66. The Balaban J connectivity index is 2.09. The minimum atomic E-state index is -0.202. The molecule has 0 aliphatic carbocycles. The zero-order chi connectivity index (χ0) is 10.1. The highest BCUT2D eigenvalue weighted by Gasteiger charge is 2.37. The average Bonchev–Trinajstić information content (AvgIpc) is 2.74. The summed E-state index contributed by atoms with van der Waals surface area (Å²) in [5.41, 5.74) is 1.79. The molecule has 0 bridgehead atoms. The first kappa shape index (κ1) is 9.46. The zero-order valence-electron chi connectivity index (χ0n) is 8.45. The van der Waals surface area contributed by atoms with E-state index in [1.807, 2.05) is 26.0 Å². The monoisotopic (exact) mass is 194 g/mol. The molecule has 0 aromatic rings. The molecular formula is C11H14O3. The quantitative estimate of drug-likeness (QED) is 0.506. The second-order valence-corrected chi connectivity index (χ2v) is 3.68. The molecule has 76 valence electrons. The maximum absolute atomic E-state index is 11.3. The Morgan fingerprint density at radius 1 is 1.57 bits per heavy atom. The van der Waals surface area contributed by atoms with Crippen molar-refractivity contribution >= 4 is 5.97 Å². The van der Waals surface area contributed by atoms with E-state index < -0.39 is 0 Å². The van der Waals surface area contributed by atoms with Gasteiger partial charge in [-0.1, -0.05) is 12.2 Å². The van der Waals surface area contributed by atoms with Crippen molar-refractivity contribution in [2.75, 3.05) is 6.61 Å². The molecule has 2 aliphatic rings. The number of carbonyl (C=O) groups is 1. The van der Waals surface area contributed by atoms with Crippen LogP contribution in [0, 0.1) is 0 Å². The van der Waals surface area contributed by atoms with Gasteiger partial charge in [0.15, 0.2) is 0 Å². The molecule has 2 aliphatic heterocycles. The van der Waals surface area contributed by atoms with Gasteiger partial charge in [-0.3, -0.25) is 0 Å². The number of epoxide rings is 1. The van der Waals surface area contributed by atoms with Crippen LogP contribution in [0.5, 0.6) is 0 Å². The van der Waals surface area contributed by atoms with Gasteiger partial charge in [0.1, 0.15) is 6.61 Å². The molecule has 2 rings (SSSR count). The van der Waals surface area contributed by atoms with Crippen LogP contribution in [0.2, 0.25) is 0 Å². The predicted molar refractivity (Wildman–Crippen MR) is 51.8 cm³/mol. The first-order chi connectivity index (χ1) is 6.72. The lowest BCUT2D eigenvalue weighted by atomic mass is 10.0. The Morgan fingerprint density at radius 2 is 2.29 bits per heavy atom. The summed E-state index contributed by atoms with van der Waals surface area (Å²) < 4.78 is 10.3. The maximum atomic E-state index is 11.3. The summed E-state index contributed by atoms with van der Waals surface area (Å²) in [5.74, 6) is -0.202. The fraction of sp³-hybridized carbons (Fsp3) is 0.545. The highest BCUT2D eigenvalue weighted by Crippen LogP contribution is 2.31. The summed E-state index contributed by atoms with van der Waals surface area (Å²) in [6.07, 6.45) is 5.13. The van der Waals surface area contributed by atoms with E-state index in [0.29, 0.717) is 18.8 Å². The van der Waals surface area contributed by atoms with Crippen LogP contribution in [0.25, 0.3) is 0 Å². The van der Waals surface area contributed by atoms with Gasteiger partial charge in [-0.15, -0.1) is 0 Å². The third kappa shape index (κ3) is 1.73. The summed E-state index contributed by atoms with van der Waals surface area (Å²) >= 11 is 0. The number of cyclic esters (lactones) is 1. The normalized spacial score (nSPS) is 31.4. The molecule has 3 heteroatoms. The molecule has 0 amide bonds. The van der Waals surface area contributed by atoms with E-state index in [2.05, 4.69) is 0 Å².